The molecule has 0 unspecified atom stereocenters. The van der Waals surface area contributed by atoms with Crippen molar-refractivity contribution in [1.29, 1.82) is 0 Å². The summed E-state index contributed by atoms with van der Waals surface area (Å²) in [5, 5.41) is 15.8. The van der Waals surface area contributed by atoms with Crippen LogP contribution in [0.4, 0.5) is 0 Å². The van der Waals surface area contributed by atoms with Crippen LogP contribution in [0.5, 0.6) is 0 Å². The summed E-state index contributed by atoms with van der Waals surface area (Å²) in [6.07, 6.45) is 1.38. The summed E-state index contributed by atoms with van der Waals surface area (Å²) in [4.78, 5) is 19.3. The highest BCUT2D eigenvalue weighted by atomic mass is 16.4. The van der Waals surface area contributed by atoms with E-state index < -0.39 is 11.9 Å². The molecular formula is C20H28N2O4. The average Bonchev–Trinajstić information content (AvgIpc) is 2.63. The molecular weight excluding hydrogens is 332 g/mol. The first kappa shape index (κ1) is 23.3. The molecule has 6 N–H and O–H groups in total. The van der Waals surface area contributed by atoms with Gasteiger partial charge >= 0.3 is 11.9 Å². The molecule has 0 saturated heterocycles. The molecule has 0 saturated carbocycles. The van der Waals surface area contributed by atoms with Gasteiger partial charge < -0.3 is 21.7 Å². The third kappa shape index (κ3) is 14.9. The maximum absolute atomic E-state index is 9.64. The Morgan fingerprint density at radius 2 is 0.962 bits per heavy atom. The Kier molecular flexibility index (Phi) is 14.2. The van der Waals surface area contributed by atoms with Crippen LogP contribution in [-0.2, 0) is 22.4 Å². The van der Waals surface area contributed by atoms with Crippen molar-refractivity contribution in [2.75, 3.05) is 13.1 Å². The molecule has 6 heteroatoms. The molecule has 0 heterocycles. The molecule has 2 aromatic carbocycles. The summed E-state index contributed by atoms with van der Waals surface area (Å²) in [7, 11) is 0. The third-order valence-corrected chi connectivity index (χ3v) is 3.10. The smallest absolute Gasteiger partial charge is 0.303 e. The molecule has 142 valence electrons. The predicted molar refractivity (Wildman–Crippen MR) is 103 cm³/mol. The number of rotatable bonds is 7. The van der Waals surface area contributed by atoms with E-state index in [-0.39, 0.29) is 12.8 Å². The van der Waals surface area contributed by atoms with Gasteiger partial charge in [0.1, 0.15) is 0 Å². The molecule has 0 spiro atoms. The lowest BCUT2D eigenvalue weighted by atomic mass is 10.2. The van der Waals surface area contributed by atoms with Crippen LogP contribution in [0.3, 0.4) is 0 Å². The number of aliphatic carboxylic acids is 2. The number of carboxylic acids is 2. The lowest BCUT2D eigenvalue weighted by molar-refractivity contribution is -0.143. The summed E-state index contributed by atoms with van der Waals surface area (Å²) in [6.45, 7) is 1.48. The Labute approximate surface area is 154 Å². The number of carbonyl (C=O) groups is 2. The Morgan fingerprint density at radius 1 is 0.654 bits per heavy atom. The largest absolute Gasteiger partial charge is 0.481 e. The summed E-state index contributed by atoms with van der Waals surface area (Å²) in [5.74, 6) is -2.15. The van der Waals surface area contributed by atoms with Crippen molar-refractivity contribution in [3.05, 3.63) is 71.8 Å². The topological polar surface area (TPSA) is 127 Å². The molecule has 0 aromatic heterocycles. The van der Waals surface area contributed by atoms with Crippen molar-refractivity contribution in [1.82, 2.24) is 0 Å². The minimum absolute atomic E-state index is 0.296. The van der Waals surface area contributed by atoms with E-state index in [0.717, 1.165) is 25.9 Å². The van der Waals surface area contributed by atoms with Gasteiger partial charge in [-0.3, -0.25) is 9.59 Å². The van der Waals surface area contributed by atoms with Crippen molar-refractivity contribution in [2.24, 2.45) is 11.5 Å². The third-order valence-electron chi connectivity index (χ3n) is 3.10. The first-order chi connectivity index (χ1) is 12.5. The van der Waals surface area contributed by atoms with E-state index in [0.29, 0.717) is 0 Å². The SMILES string of the molecule is NCCc1ccccc1.NCCc1ccccc1.O=C(O)CCC(=O)O. The molecule has 0 amide bonds. The van der Waals surface area contributed by atoms with Gasteiger partial charge in [-0.05, 0) is 37.1 Å². The minimum Gasteiger partial charge on any atom is -0.481 e. The van der Waals surface area contributed by atoms with Crippen molar-refractivity contribution in [2.45, 2.75) is 25.7 Å². The van der Waals surface area contributed by atoms with Gasteiger partial charge in [0.2, 0.25) is 0 Å². The maximum atomic E-state index is 9.64. The molecule has 0 radical (unpaired) electrons. The molecule has 0 bridgehead atoms. The van der Waals surface area contributed by atoms with Gasteiger partial charge in [0.25, 0.3) is 0 Å². The van der Waals surface area contributed by atoms with Crippen molar-refractivity contribution in [3.8, 4) is 0 Å². The van der Waals surface area contributed by atoms with Crippen molar-refractivity contribution in [3.63, 3.8) is 0 Å². The number of benzene rings is 2. The molecule has 0 aliphatic rings. The Bertz CT molecular complexity index is 548. The van der Waals surface area contributed by atoms with Gasteiger partial charge in [0.15, 0.2) is 0 Å². The first-order valence-electron chi connectivity index (χ1n) is 8.41. The normalized spacial score (nSPS) is 9.15. The Hall–Kier alpha value is -2.70. The zero-order valence-corrected chi connectivity index (χ0v) is 14.9. The fourth-order valence-corrected chi connectivity index (χ4v) is 1.84. The molecule has 2 aromatic rings. The second-order valence-corrected chi connectivity index (χ2v) is 5.34. The van der Waals surface area contributed by atoms with Crippen LogP contribution < -0.4 is 11.5 Å². The highest BCUT2D eigenvalue weighted by molar-refractivity contribution is 5.75. The zero-order valence-electron chi connectivity index (χ0n) is 14.9. The average molecular weight is 360 g/mol. The molecule has 26 heavy (non-hydrogen) atoms. The predicted octanol–water partition coefficient (Wildman–Crippen LogP) is 2.31. The highest BCUT2D eigenvalue weighted by Crippen LogP contribution is 1.97. The summed E-state index contributed by atoms with van der Waals surface area (Å²) < 4.78 is 0. The van der Waals surface area contributed by atoms with Gasteiger partial charge in [-0.1, -0.05) is 60.7 Å². The highest BCUT2D eigenvalue weighted by Gasteiger charge is 2.00. The monoisotopic (exact) mass is 360 g/mol. The molecule has 0 aliphatic heterocycles. The van der Waals surface area contributed by atoms with Crippen LogP contribution in [0.2, 0.25) is 0 Å². The fraction of sp³-hybridized carbons (Fsp3) is 0.300. The van der Waals surface area contributed by atoms with Crippen LogP contribution in [0.1, 0.15) is 24.0 Å². The number of hydrogen-bond acceptors (Lipinski definition) is 4. The van der Waals surface area contributed by atoms with Crippen LogP contribution in [0, 0.1) is 0 Å². The van der Waals surface area contributed by atoms with Gasteiger partial charge in [-0.2, -0.15) is 0 Å². The lowest BCUT2D eigenvalue weighted by Crippen LogP contribution is -2.01. The van der Waals surface area contributed by atoms with E-state index in [1.54, 1.807) is 0 Å². The second-order valence-electron chi connectivity index (χ2n) is 5.34. The number of hydrogen-bond donors (Lipinski definition) is 4. The van der Waals surface area contributed by atoms with E-state index >= 15 is 0 Å². The number of nitrogens with two attached hydrogens (primary N) is 2. The van der Waals surface area contributed by atoms with Crippen molar-refractivity contribution < 1.29 is 19.8 Å². The molecule has 0 atom stereocenters. The van der Waals surface area contributed by atoms with Crippen LogP contribution in [-0.4, -0.2) is 35.2 Å². The zero-order chi connectivity index (χ0) is 19.6. The Balaban J connectivity index is 0.000000362. The molecule has 2 rings (SSSR count). The number of carboxylic acid groups (broad SMARTS) is 2. The minimum atomic E-state index is -1.08. The molecule has 0 aliphatic carbocycles. The Morgan fingerprint density at radius 3 is 1.19 bits per heavy atom. The van der Waals surface area contributed by atoms with Gasteiger partial charge in [-0.25, -0.2) is 0 Å². The van der Waals surface area contributed by atoms with Crippen LogP contribution >= 0.6 is 0 Å². The maximum Gasteiger partial charge on any atom is 0.303 e. The quantitative estimate of drug-likeness (QED) is 0.600. The van der Waals surface area contributed by atoms with Gasteiger partial charge in [0.05, 0.1) is 12.8 Å². The van der Waals surface area contributed by atoms with E-state index in [1.165, 1.54) is 11.1 Å². The van der Waals surface area contributed by atoms with Gasteiger partial charge in [0, 0.05) is 0 Å². The second kappa shape index (κ2) is 15.8. The van der Waals surface area contributed by atoms with Crippen molar-refractivity contribution >= 4 is 11.9 Å². The summed E-state index contributed by atoms with van der Waals surface area (Å²) in [6, 6.07) is 20.5. The van der Waals surface area contributed by atoms with E-state index in [2.05, 4.69) is 24.3 Å². The van der Waals surface area contributed by atoms with Crippen LogP contribution in [0.15, 0.2) is 60.7 Å². The first-order valence-corrected chi connectivity index (χ1v) is 8.41. The lowest BCUT2D eigenvalue weighted by Gasteiger charge is -1.93. The van der Waals surface area contributed by atoms with E-state index in [4.69, 9.17) is 21.7 Å². The van der Waals surface area contributed by atoms with Crippen LogP contribution in [0.25, 0.3) is 0 Å². The summed E-state index contributed by atoms with van der Waals surface area (Å²) >= 11 is 0. The fourth-order valence-electron chi connectivity index (χ4n) is 1.84. The van der Waals surface area contributed by atoms with E-state index in [9.17, 15) is 9.59 Å². The molecule has 0 fully saturated rings. The van der Waals surface area contributed by atoms with Gasteiger partial charge in [-0.15, -0.1) is 0 Å². The standard InChI is InChI=1S/2C8H11N.C4H6O4/c2*9-7-6-8-4-2-1-3-5-8;5-3(6)1-2-4(7)8/h2*1-5H,6-7,9H2;1-2H2,(H,5,6)(H,7,8). The summed E-state index contributed by atoms with van der Waals surface area (Å²) in [5.41, 5.74) is 13.4. The van der Waals surface area contributed by atoms with E-state index in [1.807, 2.05) is 36.4 Å². The molecule has 6 nitrogen and oxygen atoms in total.